The fourth-order valence-electron chi connectivity index (χ4n) is 4.24. The molecule has 0 bridgehead atoms. The van der Waals surface area contributed by atoms with E-state index in [1.807, 2.05) is 54.2 Å². The molecular weight excluding hydrogens is 404 g/mol. The summed E-state index contributed by atoms with van der Waals surface area (Å²) in [5.41, 5.74) is 0. The summed E-state index contributed by atoms with van der Waals surface area (Å²) in [7, 11) is 0. The molecule has 170 valence electrons. The Labute approximate surface area is 188 Å². The van der Waals surface area contributed by atoms with Gasteiger partial charge in [0.2, 0.25) is 11.9 Å². The van der Waals surface area contributed by atoms with Crippen molar-refractivity contribution in [3.63, 3.8) is 0 Å². The van der Waals surface area contributed by atoms with Crippen LogP contribution in [-0.2, 0) is 11.3 Å². The average molecular weight is 437 g/mol. The zero-order valence-electron chi connectivity index (χ0n) is 18.6. The summed E-state index contributed by atoms with van der Waals surface area (Å²) in [6.45, 7) is 3.09. The Kier molecular flexibility index (Phi) is 7.42. The Hall–Kier alpha value is -3.29. The Morgan fingerprint density at radius 1 is 1.19 bits per heavy atom. The highest BCUT2D eigenvalue weighted by Gasteiger charge is 2.25. The normalized spacial score (nSPS) is 15.3. The molecule has 1 atom stereocenters. The second kappa shape index (κ2) is 10.8. The zero-order valence-corrected chi connectivity index (χ0v) is 18.6. The molecule has 8 heteroatoms. The van der Waals surface area contributed by atoms with Gasteiger partial charge in [-0.25, -0.2) is 0 Å². The number of aromatic nitrogens is 3. The molecule has 3 aromatic heterocycles. The Balaban J connectivity index is 1.53. The van der Waals surface area contributed by atoms with Crippen molar-refractivity contribution in [2.75, 3.05) is 17.2 Å². The fourth-order valence-corrected chi connectivity index (χ4v) is 4.24. The SMILES string of the molecule is CCNc1nc(N[C@H](CC2CCCCC2)C(=O)NCc2ccco2)cc(-n2cccc2)n1. The molecule has 3 heterocycles. The van der Waals surface area contributed by atoms with Crippen LogP contribution in [-0.4, -0.2) is 33.0 Å². The summed E-state index contributed by atoms with van der Waals surface area (Å²) in [6, 6.07) is 9.10. The van der Waals surface area contributed by atoms with Gasteiger partial charge in [0.05, 0.1) is 12.8 Å². The van der Waals surface area contributed by atoms with Crippen molar-refractivity contribution in [2.24, 2.45) is 5.92 Å². The highest BCUT2D eigenvalue weighted by Crippen LogP contribution is 2.28. The first-order valence-corrected chi connectivity index (χ1v) is 11.5. The highest BCUT2D eigenvalue weighted by atomic mass is 16.3. The maximum Gasteiger partial charge on any atom is 0.242 e. The quantitative estimate of drug-likeness (QED) is 0.437. The van der Waals surface area contributed by atoms with Gasteiger partial charge < -0.3 is 24.9 Å². The number of anilines is 2. The van der Waals surface area contributed by atoms with Crippen LogP contribution in [0.1, 0.15) is 51.2 Å². The summed E-state index contributed by atoms with van der Waals surface area (Å²) in [4.78, 5) is 22.4. The van der Waals surface area contributed by atoms with E-state index in [-0.39, 0.29) is 11.9 Å². The van der Waals surface area contributed by atoms with Crippen LogP contribution in [0.2, 0.25) is 0 Å². The standard InChI is InChI=1S/C24H32N6O2/c1-2-25-24-28-21(16-22(29-24)30-12-6-7-13-30)27-20(15-18-9-4-3-5-10-18)23(31)26-17-19-11-8-14-32-19/h6-8,11-14,16,18,20H,2-5,9-10,15,17H2,1H3,(H,26,31)(H2,25,27,28,29)/t20-/m1/s1. The third-order valence-electron chi connectivity index (χ3n) is 5.87. The molecule has 0 aliphatic heterocycles. The molecule has 8 nitrogen and oxygen atoms in total. The third-order valence-corrected chi connectivity index (χ3v) is 5.87. The van der Waals surface area contributed by atoms with E-state index in [0.29, 0.717) is 30.8 Å². The molecule has 0 radical (unpaired) electrons. The number of nitrogens with zero attached hydrogens (tertiary/aromatic N) is 3. The van der Waals surface area contributed by atoms with E-state index in [4.69, 9.17) is 4.42 Å². The van der Waals surface area contributed by atoms with Gasteiger partial charge in [-0.15, -0.1) is 0 Å². The molecule has 0 unspecified atom stereocenters. The molecule has 1 saturated carbocycles. The van der Waals surface area contributed by atoms with Crippen molar-refractivity contribution in [1.29, 1.82) is 0 Å². The third kappa shape index (κ3) is 5.90. The van der Waals surface area contributed by atoms with Crippen molar-refractivity contribution < 1.29 is 9.21 Å². The van der Waals surface area contributed by atoms with Gasteiger partial charge in [0.1, 0.15) is 23.4 Å². The monoisotopic (exact) mass is 436 g/mol. The summed E-state index contributed by atoms with van der Waals surface area (Å²) in [6.07, 6.45) is 12.4. The molecule has 1 aliphatic carbocycles. The van der Waals surface area contributed by atoms with Gasteiger partial charge in [-0.1, -0.05) is 32.1 Å². The number of nitrogens with one attached hydrogen (secondary N) is 3. The van der Waals surface area contributed by atoms with Crippen LogP contribution < -0.4 is 16.0 Å². The van der Waals surface area contributed by atoms with Crippen LogP contribution in [0.15, 0.2) is 53.4 Å². The lowest BCUT2D eigenvalue weighted by Gasteiger charge is -2.27. The fraction of sp³-hybridized carbons (Fsp3) is 0.458. The molecular formula is C24H32N6O2. The number of furan rings is 1. The summed E-state index contributed by atoms with van der Waals surface area (Å²) >= 11 is 0. The van der Waals surface area contributed by atoms with Gasteiger partial charge in [-0.05, 0) is 43.5 Å². The van der Waals surface area contributed by atoms with E-state index >= 15 is 0 Å². The van der Waals surface area contributed by atoms with Gasteiger partial charge in [0.25, 0.3) is 0 Å². The van der Waals surface area contributed by atoms with E-state index in [1.165, 1.54) is 32.1 Å². The minimum atomic E-state index is -0.380. The second-order valence-corrected chi connectivity index (χ2v) is 8.29. The minimum Gasteiger partial charge on any atom is -0.467 e. The van der Waals surface area contributed by atoms with Crippen molar-refractivity contribution in [2.45, 2.75) is 58.0 Å². The maximum atomic E-state index is 13.2. The van der Waals surface area contributed by atoms with Crippen LogP contribution in [0.5, 0.6) is 0 Å². The summed E-state index contributed by atoms with van der Waals surface area (Å²) in [5.74, 6) is 3.15. The van der Waals surface area contributed by atoms with Crippen LogP contribution in [0.3, 0.4) is 0 Å². The Bertz CT molecular complexity index is 965. The van der Waals surface area contributed by atoms with Crippen LogP contribution in [0.25, 0.3) is 5.82 Å². The molecule has 3 N–H and O–H groups in total. The van der Waals surface area contributed by atoms with Gasteiger partial charge in [0.15, 0.2) is 0 Å². The topological polar surface area (TPSA) is 97.0 Å². The first-order chi connectivity index (χ1) is 15.7. The molecule has 0 saturated heterocycles. The van der Waals surface area contributed by atoms with Crippen molar-refractivity contribution in [3.8, 4) is 5.82 Å². The predicted octanol–water partition coefficient (Wildman–Crippen LogP) is 4.36. The molecule has 1 fully saturated rings. The van der Waals surface area contributed by atoms with E-state index < -0.39 is 0 Å². The summed E-state index contributed by atoms with van der Waals surface area (Å²) in [5, 5.41) is 9.62. The maximum absolute atomic E-state index is 13.2. The number of hydrogen-bond acceptors (Lipinski definition) is 6. The lowest BCUT2D eigenvalue weighted by Crippen LogP contribution is -2.41. The molecule has 0 aromatic carbocycles. The van der Waals surface area contributed by atoms with E-state index in [0.717, 1.165) is 18.0 Å². The second-order valence-electron chi connectivity index (χ2n) is 8.29. The van der Waals surface area contributed by atoms with Gasteiger partial charge in [0, 0.05) is 25.0 Å². The molecule has 4 rings (SSSR count). The van der Waals surface area contributed by atoms with E-state index in [1.54, 1.807) is 6.26 Å². The van der Waals surface area contributed by atoms with Crippen LogP contribution >= 0.6 is 0 Å². The molecule has 1 aliphatic rings. The van der Waals surface area contributed by atoms with Crippen LogP contribution in [0.4, 0.5) is 11.8 Å². The minimum absolute atomic E-state index is 0.0434. The number of hydrogen-bond donors (Lipinski definition) is 3. The smallest absolute Gasteiger partial charge is 0.242 e. The van der Waals surface area contributed by atoms with E-state index in [9.17, 15) is 4.79 Å². The molecule has 0 spiro atoms. The Morgan fingerprint density at radius 2 is 2.00 bits per heavy atom. The van der Waals surface area contributed by atoms with Crippen molar-refractivity contribution >= 4 is 17.7 Å². The van der Waals surface area contributed by atoms with Crippen molar-refractivity contribution in [1.82, 2.24) is 19.9 Å². The van der Waals surface area contributed by atoms with E-state index in [2.05, 4.69) is 25.9 Å². The molecule has 1 amide bonds. The number of amides is 1. The summed E-state index contributed by atoms with van der Waals surface area (Å²) < 4.78 is 7.30. The lowest BCUT2D eigenvalue weighted by atomic mass is 9.84. The van der Waals surface area contributed by atoms with Crippen LogP contribution in [0, 0.1) is 5.92 Å². The van der Waals surface area contributed by atoms with Gasteiger partial charge in [-0.3, -0.25) is 4.79 Å². The first kappa shape index (κ1) is 21.9. The van der Waals surface area contributed by atoms with Gasteiger partial charge >= 0.3 is 0 Å². The zero-order chi connectivity index (χ0) is 22.2. The first-order valence-electron chi connectivity index (χ1n) is 11.5. The van der Waals surface area contributed by atoms with Crippen molar-refractivity contribution in [3.05, 3.63) is 54.7 Å². The van der Waals surface area contributed by atoms with Gasteiger partial charge in [-0.2, -0.15) is 9.97 Å². The molecule has 32 heavy (non-hydrogen) atoms. The lowest BCUT2D eigenvalue weighted by molar-refractivity contribution is -0.122. The predicted molar refractivity (Wildman–Crippen MR) is 125 cm³/mol. The Morgan fingerprint density at radius 3 is 2.72 bits per heavy atom. The largest absolute Gasteiger partial charge is 0.467 e. The molecule has 3 aromatic rings. The number of carbonyl (C=O) groups is 1. The number of carbonyl (C=O) groups excluding carboxylic acids is 1. The highest BCUT2D eigenvalue weighted by molar-refractivity contribution is 5.84. The average Bonchev–Trinajstić information content (AvgIpc) is 3.52. The number of rotatable bonds is 10.